The molecule has 0 radical (unpaired) electrons. The average molecular weight is 336 g/mol. The number of likely N-dealkylation sites (N-methyl/N-ethyl adjacent to an activating group) is 1. The van der Waals surface area contributed by atoms with Crippen molar-refractivity contribution in [2.24, 2.45) is 0 Å². The van der Waals surface area contributed by atoms with E-state index < -0.39 is 7.82 Å². The van der Waals surface area contributed by atoms with Crippen molar-refractivity contribution in [3.63, 3.8) is 0 Å². The van der Waals surface area contributed by atoms with E-state index in [1.807, 2.05) is 0 Å². The van der Waals surface area contributed by atoms with E-state index in [-0.39, 0.29) is 55.5 Å². The molecule has 0 aromatic carbocycles. The summed E-state index contributed by atoms with van der Waals surface area (Å²) in [6, 6.07) is 0. The Bertz CT molecular complexity index is 145. The van der Waals surface area contributed by atoms with Crippen molar-refractivity contribution in [3.8, 4) is 0 Å². The maximum Gasteiger partial charge on any atom is 2.00 e. The van der Waals surface area contributed by atoms with Crippen LogP contribution in [0.5, 0.6) is 0 Å². The van der Waals surface area contributed by atoms with Crippen molar-refractivity contribution in [2.75, 3.05) is 34.3 Å². The van der Waals surface area contributed by atoms with Crippen molar-refractivity contribution in [1.29, 1.82) is 0 Å². The van der Waals surface area contributed by atoms with Gasteiger partial charge in [0.25, 0.3) is 0 Å². The third-order valence-electron chi connectivity index (χ3n) is 0.771. The molecule has 0 aromatic rings. The fraction of sp³-hybridized carbons (Fsp3) is 1.00. The molecule has 76 valence electrons. The molecule has 0 amide bonds. The van der Waals surface area contributed by atoms with Gasteiger partial charge in [-0.3, -0.25) is 0 Å². The molecule has 6 nitrogen and oxygen atoms in total. The summed E-state index contributed by atoms with van der Waals surface area (Å²) in [4.78, 5) is 25.6. The first-order valence-corrected chi connectivity index (χ1v) is 4.66. The van der Waals surface area contributed by atoms with E-state index in [0.29, 0.717) is 0 Å². The molecule has 0 saturated carbocycles. The van der Waals surface area contributed by atoms with Crippen LogP contribution in [0.2, 0.25) is 0 Å². The molecule has 0 saturated heterocycles. The second-order valence-electron chi connectivity index (χ2n) is 3.18. The summed E-state index contributed by atoms with van der Waals surface area (Å²) < 4.78 is 9.39. The van der Waals surface area contributed by atoms with Gasteiger partial charge in [0, 0.05) is 0 Å². The summed E-state index contributed by atoms with van der Waals surface area (Å²) in [7, 11) is 0.767. The Morgan fingerprint density at radius 1 is 1.23 bits per heavy atom. The molecule has 13 heavy (non-hydrogen) atoms. The van der Waals surface area contributed by atoms with E-state index in [1.165, 1.54) is 0 Å². The monoisotopic (exact) mass is 337 g/mol. The molecular formula is C5H14BaNO5P. The number of quaternary nitrogens is 1. The largest absolute Gasteiger partial charge is 2.00 e. The Balaban J connectivity index is -0.000000150. The molecule has 0 aliphatic carbocycles. The zero-order chi connectivity index (χ0) is 10.4. The van der Waals surface area contributed by atoms with E-state index in [9.17, 15) is 0 Å². The van der Waals surface area contributed by atoms with Gasteiger partial charge in [0.1, 0.15) is 6.54 Å². The SMILES string of the molecule is C[N+](C)(C)CCO.O=P([O-])([O-])[O-].[Ba+2]. The number of phosphoric acid groups is 1. The quantitative estimate of drug-likeness (QED) is 0.320. The molecule has 0 aliphatic heterocycles. The minimum Gasteiger partial charge on any atom is -0.822 e. The molecule has 0 aliphatic rings. The molecule has 0 atom stereocenters. The average Bonchev–Trinajstić information content (AvgIpc) is 1.54. The van der Waals surface area contributed by atoms with Crippen LogP contribution in [0, 0.1) is 0 Å². The second-order valence-corrected chi connectivity index (χ2v) is 4.08. The predicted octanol–water partition coefficient (Wildman–Crippen LogP) is -3.52. The Labute approximate surface area is 118 Å². The minimum atomic E-state index is -5.39. The summed E-state index contributed by atoms with van der Waals surface area (Å²) >= 11 is 0. The number of nitrogens with zero attached hydrogens (tertiary/aromatic N) is 1. The molecule has 0 unspecified atom stereocenters. The maximum absolute atomic E-state index is 8.55. The fourth-order valence-corrected chi connectivity index (χ4v) is 0.300. The van der Waals surface area contributed by atoms with Gasteiger partial charge in [-0.2, -0.15) is 7.82 Å². The molecule has 8 heteroatoms. The smallest absolute Gasteiger partial charge is 0.822 e. The van der Waals surface area contributed by atoms with E-state index in [4.69, 9.17) is 24.4 Å². The summed E-state index contributed by atoms with van der Waals surface area (Å²) in [6.45, 7) is 1.11. The summed E-state index contributed by atoms with van der Waals surface area (Å²) in [5.41, 5.74) is 0. The van der Waals surface area contributed by atoms with Crippen LogP contribution in [0.4, 0.5) is 0 Å². The maximum atomic E-state index is 8.55. The zero-order valence-corrected chi connectivity index (χ0v) is 13.4. The topological polar surface area (TPSA) is 106 Å². The number of hydrogen-bond acceptors (Lipinski definition) is 5. The van der Waals surface area contributed by atoms with Crippen LogP contribution in [0.1, 0.15) is 0 Å². The van der Waals surface area contributed by atoms with E-state index in [1.54, 1.807) is 0 Å². The van der Waals surface area contributed by atoms with Crippen LogP contribution in [-0.4, -0.2) is 92.8 Å². The van der Waals surface area contributed by atoms with Crippen molar-refractivity contribution in [2.45, 2.75) is 0 Å². The summed E-state index contributed by atoms with van der Waals surface area (Å²) in [5, 5.41) is 8.39. The van der Waals surface area contributed by atoms with Gasteiger partial charge in [0.2, 0.25) is 0 Å². The third kappa shape index (κ3) is 58.3. The van der Waals surface area contributed by atoms with E-state index in [0.717, 1.165) is 11.0 Å². The van der Waals surface area contributed by atoms with Gasteiger partial charge in [-0.05, 0) is 0 Å². The number of aliphatic hydroxyl groups excluding tert-OH is 1. The van der Waals surface area contributed by atoms with Gasteiger partial charge in [0.15, 0.2) is 0 Å². The molecule has 0 fully saturated rings. The van der Waals surface area contributed by atoms with Crippen LogP contribution in [0.25, 0.3) is 0 Å². The number of rotatable bonds is 2. The standard InChI is InChI=1S/C5H14NO.Ba.H3O4P/c1-6(2,3)4-5-7;;1-5(2,3)4/h7H,4-5H2,1-3H3;;(H3,1,2,3,4)/q+1;+2;/p-3. The minimum absolute atomic E-state index is 0. The van der Waals surface area contributed by atoms with Crippen molar-refractivity contribution >= 4 is 56.7 Å². The Kier molecular flexibility index (Phi) is 13.7. The molecule has 0 heterocycles. The second kappa shape index (κ2) is 8.87. The van der Waals surface area contributed by atoms with Crippen molar-refractivity contribution in [1.82, 2.24) is 0 Å². The van der Waals surface area contributed by atoms with Crippen LogP contribution >= 0.6 is 7.82 Å². The summed E-state index contributed by atoms with van der Waals surface area (Å²) in [5.74, 6) is 0. The van der Waals surface area contributed by atoms with Crippen molar-refractivity contribution < 1.29 is 28.8 Å². The zero-order valence-electron chi connectivity index (χ0n) is 8.10. The summed E-state index contributed by atoms with van der Waals surface area (Å²) in [6.07, 6.45) is 0. The van der Waals surface area contributed by atoms with Gasteiger partial charge in [-0.15, -0.1) is 0 Å². The Morgan fingerprint density at radius 3 is 1.46 bits per heavy atom. The van der Waals surface area contributed by atoms with Crippen LogP contribution in [-0.2, 0) is 4.57 Å². The Morgan fingerprint density at radius 2 is 1.46 bits per heavy atom. The van der Waals surface area contributed by atoms with Crippen LogP contribution in [0.3, 0.4) is 0 Å². The molecular weight excluding hydrogens is 322 g/mol. The molecule has 0 aromatic heterocycles. The fourth-order valence-electron chi connectivity index (χ4n) is 0.300. The Hall–Kier alpha value is 1.60. The van der Waals surface area contributed by atoms with Crippen molar-refractivity contribution in [3.05, 3.63) is 0 Å². The first-order chi connectivity index (χ1) is 5.06. The van der Waals surface area contributed by atoms with Gasteiger partial charge in [0.05, 0.1) is 27.7 Å². The van der Waals surface area contributed by atoms with Crippen LogP contribution in [0.15, 0.2) is 0 Å². The van der Waals surface area contributed by atoms with Gasteiger partial charge in [-0.1, -0.05) is 0 Å². The van der Waals surface area contributed by atoms with Gasteiger partial charge < -0.3 is 28.8 Å². The molecule has 0 spiro atoms. The molecule has 0 bridgehead atoms. The number of hydrogen-bond donors (Lipinski definition) is 1. The number of aliphatic hydroxyl groups is 1. The van der Waals surface area contributed by atoms with Gasteiger partial charge in [-0.25, -0.2) is 0 Å². The third-order valence-corrected chi connectivity index (χ3v) is 0.771. The van der Waals surface area contributed by atoms with E-state index in [2.05, 4.69) is 21.1 Å². The first-order valence-electron chi connectivity index (χ1n) is 3.20. The van der Waals surface area contributed by atoms with Gasteiger partial charge >= 0.3 is 48.9 Å². The normalized spacial score (nSPS) is 11.0. The predicted molar refractivity (Wildman–Crippen MR) is 43.3 cm³/mol. The molecule has 1 N–H and O–H groups in total. The molecule has 0 rings (SSSR count). The van der Waals surface area contributed by atoms with E-state index >= 15 is 0 Å². The van der Waals surface area contributed by atoms with Crippen LogP contribution < -0.4 is 14.7 Å². The first kappa shape index (κ1) is 20.1.